The van der Waals surface area contributed by atoms with Crippen molar-refractivity contribution in [3.63, 3.8) is 0 Å². The lowest BCUT2D eigenvalue weighted by Gasteiger charge is -2.08. The number of benzene rings is 1. The highest BCUT2D eigenvalue weighted by atomic mass is 16.1. The second kappa shape index (κ2) is 4.28. The Balaban J connectivity index is 2.44. The maximum Gasteiger partial charge on any atom is 0.349 e. The van der Waals surface area contributed by atoms with E-state index in [1.807, 2.05) is 37.3 Å². The molecule has 0 atom stereocenters. The second-order valence-electron chi connectivity index (χ2n) is 4.35. The molecule has 1 aromatic carbocycles. The number of aromatic nitrogens is 4. The molecule has 0 amide bonds. The van der Waals surface area contributed by atoms with Gasteiger partial charge in [0, 0.05) is 18.8 Å². The van der Waals surface area contributed by atoms with Crippen LogP contribution in [0.1, 0.15) is 5.69 Å². The zero-order valence-corrected chi connectivity index (χ0v) is 10.7. The second-order valence-corrected chi connectivity index (χ2v) is 4.35. The van der Waals surface area contributed by atoms with Crippen molar-refractivity contribution in [2.75, 3.05) is 0 Å². The maximum absolute atomic E-state index is 11.9. The van der Waals surface area contributed by atoms with Crippen LogP contribution < -0.4 is 5.69 Å². The topological polar surface area (TPSA) is 60.7 Å². The molecule has 19 heavy (non-hydrogen) atoms. The number of aryl methyl sites for hydroxylation is 2. The summed E-state index contributed by atoms with van der Waals surface area (Å²) in [5.41, 5.74) is 3.08. The molecule has 0 fully saturated rings. The summed E-state index contributed by atoms with van der Waals surface area (Å²) in [6.07, 6.45) is 1.68. The minimum absolute atomic E-state index is 0.328. The van der Waals surface area contributed by atoms with Crippen LogP contribution in [0.25, 0.3) is 22.4 Å². The van der Waals surface area contributed by atoms with Gasteiger partial charge in [0.25, 0.3) is 0 Å². The lowest BCUT2D eigenvalue weighted by molar-refractivity contribution is 0.833. The van der Waals surface area contributed by atoms with Gasteiger partial charge in [-0.05, 0) is 6.92 Å². The molecule has 0 spiro atoms. The quantitative estimate of drug-likeness (QED) is 0.661. The molecule has 0 unspecified atom stereocenters. The van der Waals surface area contributed by atoms with Crippen molar-refractivity contribution >= 4 is 11.2 Å². The van der Waals surface area contributed by atoms with Gasteiger partial charge in [-0.2, -0.15) is 4.98 Å². The Morgan fingerprint density at radius 2 is 1.84 bits per heavy atom. The van der Waals surface area contributed by atoms with Crippen molar-refractivity contribution in [2.45, 2.75) is 6.92 Å². The van der Waals surface area contributed by atoms with Crippen LogP contribution in [-0.2, 0) is 7.05 Å². The molecule has 3 rings (SSSR count). The van der Waals surface area contributed by atoms with Crippen molar-refractivity contribution in [1.29, 1.82) is 0 Å². The Labute approximate surface area is 109 Å². The SMILES string of the molecule is Cc1cnc2c(-c3ccccc3)nc(=O)n(C)c2n1. The molecule has 0 bridgehead atoms. The average Bonchev–Trinajstić information content (AvgIpc) is 2.44. The highest BCUT2D eigenvalue weighted by molar-refractivity contribution is 5.86. The molecule has 2 heterocycles. The van der Waals surface area contributed by atoms with Crippen molar-refractivity contribution in [1.82, 2.24) is 19.5 Å². The predicted octanol–water partition coefficient (Wildman–Crippen LogP) is 1.70. The van der Waals surface area contributed by atoms with Gasteiger partial charge in [0.05, 0.1) is 5.69 Å². The van der Waals surface area contributed by atoms with E-state index in [1.165, 1.54) is 4.57 Å². The van der Waals surface area contributed by atoms with Crippen molar-refractivity contribution in [3.05, 3.63) is 52.7 Å². The first-order valence-corrected chi connectivity index (χ1v) is 5.92. The van der Waals surface area contributed by atoms with Gasteiger partial charge < -0.3 is 0 Å². The van der Waals surface area contributed by atoms with E-state index in [1.54, 1.807) is 13.2 Å². The summed E-state index contributed by atoms with van der Waals surface area (Å²) in [4.78, 5) is 24.8. The monoisotopic (exact) mass is 252 g/mol. The molecular weight excluding hydrogens is 240 g/mol. The zero-order valence-electron chi connectivity index (χ0n) is 10.7. The summed E-state index contributed by atoms with van der Waals surface area (Å²) in [5.74, 6) is 0. The highest BCUT2D eigenvalue weighted by Crippen LogP contribution is 2.21. The number of rotatable bonds is 1. The first kappa shape index (κ1) is 11.5. The summed E-state index contributed by atoms with van der Waals surface area (Å²) in [6, 6.07) is 9.54. The number of fused-ring (bicyclic) bond motifs is 1. The molecule has 0 N–H and O–H groups in total. The molecule has 5 heteroatoms. The molecule has 2 aromatic heterocycles. The Morgan fingerprint density at radius 3 is 2.58 bits per heavy atom. The third-order valence-electron chi connectivity index (χ3n) is 2.96. The molecule has 0 radical (unpaired) electrons. The molecule has 0 saturated heterocycles. The molecule has 0 saturated carbocycles. The van der Waals surface area contributed by atoms with Crippen LogP contribution in [0, 0.1) is 6.92 Å². The first-order valence-electron chi connectivity index (χ1n) is 5.92. The van der Waals surface area contributed by atoms with Crippen molar-refractivity contribution < 1.29 is 0 Å². The van der Waals surface area contributed by atoms with Gasteiger partial charge >= 0.3 is 5.69 Å². The Bertz CT molecular complexity index is 809. The van der Waals surface area contributed by atoms with E-state index < -0.39 is 0 Å². The molecule has 0 aliphatic heterocycles. The summed E-state index contributed by atoms with van der Waals surface area (Å²) in [6.45, 7) is 1.85. The van der Waals surface area contributed by atoms with Crippen LogP contribution in [0.5, 0.6) is 0 Å². The minimum atomic E-state index is -0.328. The normalized spacial score (nSPS) is 10.8. The fraction of sp³-hybridized carbons (Fsp3) is 0.143. The summed E-state index contributed by atoms with van der Waals surface area (Å²) in [5, 5.41) is 0. The van der Waals surface area contributed by atoms with Crippen LogP contribution in [0.4, 0.5) is 0 Å². The van der Waals surface area contributed by atoms with Crippen LogP contribution in [0.2, 0.25) is 0 Å². The Morgan fingerprint density at radius 1 is 1.11 bits per heavy atom. The largest absolute Gasteiger partial charge is 0.349 e. The minimum Gasteiger partial charge on any atom is -0.278 e. The van der Waals surface area contributed by atoms with Crippen LogP contribution in [0.15, 0.2) is 41.3 Å². The van der Waals surface area contributed by atoms with Gasteiger partial charge in [-0.3, -0.25) is 4.57 Å². The highest BCUT2D eigenvalue weighted by Gasteiger charge is 2.12. The third-order valence-corrected chi connectivity index (χ3v) is 2.96. The average molecular weight is 252 g/mol. The predicted molar refractivity (Wildman–Crippen MR) is 72.7 cm³/mol. The van der Waals surface area contributed by atoms with E-state index >= 15 is 0 Å². The van der Waals surface area contributed by atoms with Gasteiger partial charge in [-0.25, -0.2) is 14.8 Å². The zero-order chi connectivity index (χ0) is 13.4. The van der Waals surface area contributed by atoms with Crippen LogP contribution >= 0.6 is 0 Å². The van der Waals surface area contributed by atoms with E-state index in [4.69, 9.17) is 0 Å². The van der Waals surface area contributed by atoms with Crippen molar-refractivity contribution in [2.24, 2.45) is 7.05 Å². The van der Waals surface area contributed by atoms with E-state index in [0.717, 1.165) is 11.3 Å². The lowest BCUT2D eigenvalue weighted by atomic mass is 10.1. The molecule has 0 aliphatic rings. The standard InChI is InChI=1S/C14H12N4O/c1-9-8-15-12-11(10-6-4-3-5-7-10)17-14(19)18(2)13(12)16-9/h3-8H,1-2H3. The van der Waals surface area contributed by atoms with Gasteiger partial charge in [-0.15, -0.1) is 0 Å². The Hall–Kier alpha value is -2.56. The van der Waals surface area contributed by atoms with Gasteiger partial charge in [0.15, 0.2) is 5.65 Å². The van der Waals surface area contributed by atoms with E-state index in [2.05, 4.69) is 15.0 Å². The molecule has 94 valence electrons. The van der Waals surface area contributed by atoms with E-state index in [-0.39, 0.29) is 5.69 Å². The van der Waals surface area contributed by atoms with E-state index in [0.29, 0.717) is 16.9 Å². The fourth-order valence-corrected chi connectivity index (χ4v) is 1.98. The Kier molecular flexibility index (Phi) is 2.59. The molecule has 5 nitrogen and oxygen atoms in total. The van der Waals surface area contributed by atoms with Gasteiger partial charge in [0.2, 0.25) is 0 Å². The number of nitrogens with zero attached hydrogens (tertiary/aromatic N) is 4. The smallest absolute Gasteiger partial charge is 0.278 e. The maximum atomic E-state index is 11.9. The van der Waals surface area contributed by atoms with E-state index in [9.17, 15) is 4.79 Å². The van der Waals surface area contributed by atoms with Gasteiger partial charge in [-0.1, -0.05) is 30.3 Å². The summed E-state index contributed by atoms with van der Waals surface area (Å²) < 4.78 is 1.42. The number of hydrogen-bond donors (Lipinski definition) is 0. The van der Waals surface area contributed by atoms with Crippen LogP contribution in [0.3, 0.4) is 0 Å². The fourth-order valence-electron chi connectivity index (χ4n) is 1.98. The lowest BCUT2D eigenvalue weighted by Crippen LogP contribution is -2.22. The third kappa shape index (κ3) is 1.89. The molecule has 0 aliphatic carbocycles. The van der Waals surface area contributed by atoms with Crippen LogP contribution in [-0.4, -0.2) is 19.5 Å². The number of hydrogen-bond acceptors (Lipinski definition) is 4. The summed E-state index contributed by atoms with van der Waals surface area (Å²) in [7, 11) is 1.65. The first-order chi connectivity index (χ1) is 9.16. The van der Waals surface area contributed by atoms with Crippen molar-refractivity contribution in [3.8, 4) is 11.3 Å². The van der Waals surface area contributed by atoms with Gasteiger partial charge in [0.1, 0.15) is 11.2 Å². The molecular formula is C14H12N4O. The molecule has 3 aromatic rings. The summed E-state index contributed by atoms with van der Waals surface area (Å²) >= 11 is 0.